The molecule has 0 nitrogen and oxygen atoms in total. The van der Waals surface area contributed by atoms with Crippen LogP contribution in [0, 0.1) is 0 Å². The highest BCUT2D eigenvalue weighted by Crippen LogP contribution is 2.10. The van der Waals surface area contributed by atoms with E-state index in [0.29, 0.717) is 0 Å². The molecule has 0 heteroatoms. The van der Waals surface area contributed by atoms with Crippen LogP contribution in [-0.2, 0) is 0 Å². The van der Waals surface area contributed by atoms with Crippen LogP contribution in [0.5, 0.6) is 0 Å². The number of rotatable bonds is 2. The first-order chi connectivity index (χ1) is 3.43. The normalized spacial score (nSPS) is 15.3. The van der Waals surface area contributed by atoms with E-state index in [1.807, 2.05) is 13.0 Å². The summed E-state index contributed by atoms with van der Waals surface area (Å²) in [5.41, 5.74) is 4.36. The lowest BCUT2D eigenvalue weighted by atomic mass is 10.3. The lowest BCUT2D eigenvalue weighted by molar-refractivity contribution is 1.34. The first-order valence-corrected chi connectivity index (χ1v) is 2.50. The topological polar surface area (TPSA) is 0 Å². The Morgan fingerprint density at radius 1 is 1.86 bits per heavy atom. The predicted octanol–water partition coefficient (Wildman–Crippen LogP) is 2.05. The van der Waals surface area contributed by atoms with E-state index in [2.05, 4.69) is 17.9 Å². The molecule has 0 aromatic rings. The van der Waals surface area contributed by atoms with Crippen molar-refractivity contribution in [2.45, 2.75) is 13.3 Å². The van der Waals surface area contributed by atoms with Gasteiger partial charge in [0, 0.05) is 5.57 Å². The molecule has 0 aliphatic heterocycles. The Hall–Kier alpha value is -0.740. The van der Waals surface area contributed by atoms with Crippen molar-refractivity contribution >= 4 is 0 Å². The van der Waals surface area contributed by atoms with Gasteiger partial charge < -0.3 is 0 Å². The maximum absolute atomic E-state index is 3.01. The standard InChI is InChI=1S/C7H8/c1-2-3-4-7-5-6-7/h2-3,5H,4H2,1H3. The van der Waals surface area contributed by atoms with Crippen molar-refractivity contribution in [3.05, 3.63) is 29.5 Å². The van der Waals surface area contributed by atoms with Gasteiger partial charge in [0.25, 0.3) is 0 Å². The molecule has 0 atom stereocenters. The first kappa shape index (κ1) is 4.42. The highest BCUT2D eigenvalue weighted by Gasteiger charge is 1.93. The second-order valence-corrected chi connectivity index (χ2v) is 1.59. The van der Waals surface area contributed by atoms with E-state index in [0.717, 1.165) is 6.42 Å². The van der Waals surface area contributed by atoms with Crippen LogP contribution in [0.2, 0.25) is 0 Å². The largest absolute Gasteiger partial charge is 0.115 e. The summed E-state index contributed by atoms with van der Waals surface area (Å²) in [6.45, 7) is 2.03. The van der Waals surface area contributed by atoms with Gasteiger partial charge in [-0.05, 0) is 19.4 Å². The van der Waals surface area contributed by atoms with Gasteiger partial charge in [0.1, 0.15) is 0 Å². The summed E-state index contributed by atoms with van der Waals surface area (Å²) in [6, 6.07) is 0. The van der Waals surface area contributed by atoms with Crippen molar-refractivity contribution in [3.63, 3.8) is 0 Å². The van der Waals surface area contributed by atoms with Crippen LogP contribution in [0.4, 0.5) is 0 Å². The lowest BCUT2D eigenvalue weighted by Gasteiger charge is -1.74. The average molecular weight is 92.1 g/mol. The van der Waals surface area contributed by atoms with E-state index in [-0.39, 0.29) is 0 Å². The third kappa shape index (κ3) is 1.43. The lowest BCUT2D eigenvalue weighted by Crippen LogP contribution is -1.56. The molecule has 36 valence electrons. The van der Waals surface area contributed by atoms with Crippen molar-refractivity contribution in [2.24, 2.45) is 0 Å². The second kappa shape index (κ2) is 1.81. The van der Waals surface area contributed by atoms with Crippen molar-refractivity contribution in [2.75, 3.05) is 0 Å². The van der Waals surface area contributed by atoms with Crippen LogP contribution >= 0.6 is 0 Å². The highest BCUT2D eigenvalue weighted by molar-refractivity contribution is 5.32. The Kier molecular flexibility index (Phi) is 1.14. The molecule has 0 N–H and O–H groups in total. The van der Waals surface area contributed by atoms with Crippen LogP contribution in [0.1, 0.15) is 13.3 Å². The summed E-state index contributed by atoms with van der Waals surface area (Å²) in [5.74, 6) is 0. The minimum Gasteiger partial charge on any atom is -0.115 e. The monoisotopic (exact) mass is 92.1 g/mol. The zero-order valence-electron chi connectivity index (χ0n) is 4.44. The molecule has 0 spiro atoms. The van der Waals surface area contributed by atoms with Gasteiger partial charge in [-0.25, -0.2) is 0 Å². The van der Waals surface area contributed by atoms with Crippen molar-refractivity contribution in [3.8, 4) is 0 Å². The van der Waals surface area contributed by atoms with Crippen LogP contribution in [0.15, 0.2) is 29.5 Å². The van der Waals surface area contributed by atoms with E-state index in [4.69, 9.17) is 0 Å². The first-order valence-electron chi connectivity index (χ1n) is 2.50. The Morgan fingerprint density at radius 3 is 3.00 bits per heavy atom. The van der Waals surface area contributed by atoms with Gasteiger partial charge in [0.15, 0.2) is 0 Å². The van der Waals surface area contributed by atoms with Gasteiger partial charge in [-0.15, -0.1) is 5.73 Å². The van der Waals surface area contributed by atoms with Gasteiger partial charge in [0.2, 0.25) is 0 Å². The molecule has 0 aromatic carbocycles. The fourth-order valence-electron chi connectivity index (χ4n) is 0.414. The fraction of sp³-hybridized carbons (Fsp3) is 0.286. The summed E-state index contributed by atoms with van der Waals surface area (Å²) >= 11 is 0. The van der Waals surface area contributed by atoms with Crippen LogP contribution < -0.4 is 0 Å². The summed E-state index contributed by atoms with van der Waals surface area (Å²) in [6.07, 6.45) is 7.28. The van der Waals surface area contributed by atoms with Gasteiger partial charge in [0.05, 0.1) is 0 Å². The minimum absolute atomic E-state index is 1.08. The Morgan fingerprint density at radius 2 is 2.57 bits per heavy atom. The maximum atomic E-state index is 3.01. The maximum Gasteiger partial charge on any atom is 0.00548 e. The molecule has 0 fully saturated rings. The molecule has 1 rings (SSSR count). The Labute approximate surface area is 43.9 Å². The van der Waals surface area contributed by atoms with Gasteiger partial charge in [-0.2, -0.15) is 0 Å². The molecule has 0 saturated heterocycles. The Bertz CT molecular complexity index is 143. The zero-order chi connectivity index (χ0) is 5.11. The Balaban J connectivity index is 2.12. The van der Waals surface area contributed by atoms with E-state index >= 15 is 0 Å². The average Bonchev–Trinajstić information content (AvgIpc) is 2.42. The number of hydrogen-bond acceptors (Lipinski definition) is 0. The highest BCUT2D eigenvalue weighted by atomic mass is 14.0. The molecule has 0 saturated carbocycles. The molecule has 0 bridgehead atoms. The molecule has 0 unspecified atom stereocenters. The van der Waals surface area contributed by atoms with Crippen molar-refractivity contribution in [1.82, 2.24) is 0 Å². The summed E-state index contributed by atoms with van der Waals surface area (Å²) in [5, 5.41) is 0. The smallest absolute Gasteiger partial charge is 0.00548 e. The molecule has 0 heterocycles. The fourth-order valence-corrected chi connectivity index (χ4v) is 0.414. The molecular weight excluding hydrogens is 84.1 g/mol. The van der Waals surface area contributed by atoms with Gasteiger partial charge in [-0.1, -0.05) is 12.2 Å². The third-order valence-corrected chi connectivity index (χ3v) is 0.922. The van der Waals surface area contributed by atoms with Gasteiger partial charge >= 0.3 is 0 Å². The SMILES string of the molecule is CC=CCC1=C=C1. The molecular formula is C7H8. The predicted molar refractivity (Wildman–Crippen MR) is 31.0 cm³/mol. The van der Waals surface area contributed by atoms with E-state index in [1.165, 1.54) is 5.57 Å². The van der Waals surface area contributed by atoms with Crippen LogP contribution in [0.3, 0.4) is 0 Å². The second-order valence-electron chi connectivity index (χ2n) is 1.59. The molecule has 0 radical (unpaired) electrons. The molecule has 7 heavy (non-hydrogen) atoms. The van der Waals surface area contributed by atoms with E-state index in [1.54, 1.807) is 0 Å². The van der Waals surface area contributed by atoms with E-state index in [9.17, 15) is 0 Å². The third-order valence-electron chi connectivity index (χ3n) is 0.922. The summed E-state index contributed by atoms with van der Waals surface area (Å²) in [4.78, 5) is 0. The molecule has 0 amide bonds. The van der Waals surface area contributed by atoms with Crippen LogP contribution in [0.25, 0.3) is 0 Å². The molecule has 1 aliphatic carbocycles. The summed E-state index contributed by atoms with van der Waals surface area (Å²) in [7, 11) is 0. The number of hydrogen-bond donors (Lipinski definition) is 0. The quantitative estimate of drug-likeness (QED) is 0.361. The van der Waals surface area contributed by atoms with Gasteiger partial charge in [-0.3, -0.25) is 0 Å². The van der Waals surface area contributed by atoms with Crippen molar-refractivity contribution < 1.29 is 0 Å². The minimum atomic E-state index is 1.08. The number of allylic oxidation sites excluding steroid dienone is 3. The van der Waals surface area contributed by atoms with Crippen molar-refractivity contribution in [1.29, 1.82) is 0 Å². The van der Waals surface area contributed by atoms with Crippen LogP contribution in [-0.4, -0.2) is 0 Å². The van der Waals surface area contributed by atoms with E-state index < -0.39 is 0 Å². The zero-order valence-corrected chi connectivity index (χ0v) is 4.44. The summed E-state index contributed by atoms with van der Waals surface area (Å²) < 4.78 is 0. The molecule has 0 aromatic heterocycles. The molecule has 1 aliphatic rings.